The first kappa shape index (κ1) is 9.22. The van der Waals surface area contributed by atoms with Crippen molar-refractivity contribution >= 4 is 27.0 Å². The maximum atomic E-state index is 8.67. The first-order valence-corrected chi connectivity index (χ1v) is 5.35. The van der Waals surface area contributed by atoms with Crippen LogP contribution < -0.4 is 0 Å². The van der Waals surface area contributed by atoms with Gasteiger partial charge in [0.1, 0.15) is 0 Å². The summed E-state index contributed by atoms with van der Waals surface area (Å²) in [6, 6.07) is 6.15. The lowest BCUT2D eigenvalue weighted by atomic mass is 10.1. The van der Waals surface area contributed by atoms with E-state index in [2.05, 4.69) is 32.0 Å². The molecule has 0 aliphatic rings. The second kappa shape index (κ2) is 3.81. The number of rotatable bonds is 2. The van der Waals surface area contributed by atoms with Crippen LogP contribution in [0.2, 0.25) is 0 Å². The average Bonchev–Trinajstić information content (AvgIpc) is 2.64. The normalized spacial score (nSPS) is 10.3. The summed E-state index contributed by atoms with van der Waals surface area (Å²) in [4.78, 5) is 7.21. The number of H-pyrrole nitrogens is 1. The van der Waals surface area contributed by atoms with E-state index in [9.17, 15) is 0 Å². The van der Waals surface area contributed by atoms with E-state index in [0.29, 0.717) is 6.42 Å². The third kappa shape index (κ3) is 1.51. The zero-order chi connectivity index (χ0) is 9.97. The minimum absolute atomic E-state index is 0.434. The van der Waals surface area contributed by atoms with Gasteiger partial charge in [0.2, 0.25) is 0 Å². The number of hydrogen-bond donors (Lipinski definition) is 1. The molecule has 14 heavy (non-hydrogen) atoms. The molecule has 0 aliphatic heterocycles. The molecule has 0 fully saturated rings. The van der Waals surface area contributed by atoms with E-state index in [1.807, 2.05) is 12.1 Å². The van der Waals surface area contributed by atoms with E-state index in [0.717, 1.165) is 27.5 Å². The van der Waals surface area contributed by atoms with Crippen LogP contribution in [-0.4, -0.2) is 9.97 Å². The molecule has 0 atom stereocenters. The van der Waals surface area contributed by atoms with Crippen molar-refractivity contribution in [2.24, 2.45) is 0 Å². The van der Waals surface area contributed by atoms with Crippen LogP contribution in [0.3, 0.4) is 0 Å². The number of aromatic nitrogens is 2. The van der Waals surface area contributed by atoms with Crippen molar-refractivity contribution in [2.45, 2.75) is 11.8 Å². The molecule has 1 aromatic heterocycles. The molecule has 1 N–H and O–H groups in total. The minimum Gasteiger partial charge on any atom is -0.345 e. The van der Waals surface area contributed by atoms with E-state index in [1.165, 1.54) is 0 Å². The molecule has 0 spiro atoms. The van der Waals surface area contributed by atoms with Gasteiger partial charge in [0.15, 0.2) is 0 Å². The number of halogens is 1. The average molecular weight is 250 g/mol. The summed E-state index contributed by atoms with van der Waals surface area (Å²) in [6.45, 7) is 0. The fourth-order valence-corrected chi connectivity index (χ4v) is 1.97. The Labute approximate surface area is 89.9 Å². The molecule has 0 saturated heterocycles. The Balaban J connectivity index is 2.61. The topological polar surface area (TPSA) is 52.5 Å². The minimum atomic E-state index is 0.434. The van der Waals surface area contributed by atoms with E-state index >= 15 is 0 Å². The number of imidazole rings is 1. The Bertz CT molecular complexity index is 496. The van der Waals surface area contributed by atoms with Gasteiger partial charge in [-0.2, -0.15) is 5.26 Å². The highest BCUT2D eigenvalue weighted by Gasteiger charge is 2.05. The van der Waals surface area contributed by atoms with Crippen molar-refractivity contribution in [1.82, 2.24) is 9.97 Å². The fourth-order valence-electron chi connectivity index (χ4n) is 1.44. The number of nitriles is 1. The molecule has 70 valence electrons. The second-order valence-electron chi connectivity index (χ2n) is 3.01. The maximum absolute atomic E-state index is 8.67. The van der Waals surface area contributed by atoms with Crippen LogP contribution in [0.5, 0.6) is 0 Å². The fraction of sp³-hybridized carbons (Fsp3) is 0.200. The molecule has 3 nitrogen and oxygen atoms in total. The number of hydrogen-bond acceptors (Lipinski definition) is 2. The predicted octanol–water partition coefficient (Wildman–Crippen LogP) is 2.52. The van der Waals surface area contributed by atoms with Crippen molar-refractivity contribution in [3.63, 3.8) is 0 Å². The number of alkyl halides is 1. The third-order valence-corrected chi connectivity index (χ3v) is 2.76. The molecule has 0 amide bonds. The van der Waals surface area contributed by atoms with Gasteiger partial charge in [-0.1, -0.05) is 15.9 Å². The van der Waals surface area contributed by atoms with Crippen LogP contribution in [0.4, 0.5) is 0 Å². The maximum Gasteiger partial charge on any atom is 0.0931 e. The standard InChI is InChI=1S/C10H8BrN3/c11-5-8-4-10-9(13-6-14-10)3-7(8)1-2-12/h3-4,6H,1,5H2,(H,13,14). The lowest BCUT2D eigenvalue weighted by Crippen LogP contribution is -1.90. The van der Waals surface area contributed by atoms with Crippen molar-refractivity contribution < 1.29 is 0 Å². The van der Waals surface area contributed by atoms with Gasteiger partial charge in [0.25, 0.3) is 0 Å². The first-order valence-electron chi connectivity index (χ1n) is 4.23. The van der Waals surface area contributed by atoms with Crippen molar-refractivity contribution in [3.05, 3.63) is 29.6 Å². The Hall–Kier alpha value is -1.34. The van der Waals surface area contributed by atoms with Gasteiger partial charge in [-0.3, -0.25) is 0 Å². The number of nitrogens with one attached hydrogen (secondary N) is 1. The van der Waals surface area contributed by atoms with Gasteiger partial charge in [0, 0.05) is 5.33 Å². The highest BCUT2D eigenvalue weighted by Crippen LogP contribution is 2.19. The molecule has 0 radical (unpaired) electrons. The van der Waals surface area contributed by atoms with E-state index in [1.54, 1.807) is 6.33 Å². The molecule has 2 rings (SSSR count). The summed E-state index contributed by atoms with van der Waals surface area (Å²) >= 11 is 3.41. The van der Waals surface area contributed by atoms with Gasteiger partial charge in [-0.15, -0.1) is 0 Å². The predicted molar refractivity (Wildman–Crippen MR) is 58.0 cm³/mol. The summed E-state index contributed by atoms with van der Waals surface area (Å²) < 4.78 is 0. The summed E-state index contributed by atoms with van der Waals surface area (Å²) in [7, 11) is 0. The van der Waals surface area contributed by atoms with Gasteiger partial charge in [-0.25, -0.2) is 4.98 Å². The number of nitrogens with zero attached hydrogens (tertiary/aromatic N) is 2. The second-order valence-corrected chi connectivity index (χ2v) is 3.57. The molecule has 0 saturated carbocycles. The first-order chi connectivity index (χ1) is 6.85. The van der Waals surface area contributed by atoms with Gasteiger partial charge in [0.05, 0.1) is 29.9 Å². The number of fused-ring (bicyclic) bond motifs is 1. The number of benzene rings is 1. The highest BCUT2D eigenvalue weighted by atomic mass is 79.9. The summed E-state index contributed by atoms with van der Waals surface area (Å²) in [5.74, 6) is 0. The largest absolute Gasteiger partial charge is 0.345 e. The van der Waals surface area contributed by atoms with Crippen molar-refractivity contribution in [1.29, 1.82) is 5.26 Å². The molecule has 4 heteroatoms. The molecule has 0 aliphatic carbocycles. The zero-order valence-corrected chi connectivity index (χ0v) is 9.00. The molecular weight excluding hydrogens is 242 g/mol. The molecule has 1 heterocycles. The molecular formula is C10H8BrN3. The zero-order valence-electron chi connectivity index (χ0n) is 7.42. The summed E-state index contributed by atoms with van der Waals surface area (Å²) in [5.41, 5.74) is 4.12. The van der Waals surface area contributed by atoms with Crippen LogP contribution >= 0.6 is 15.9 Å². The van der Waals surface area contributed by atoms with Gasteiger partial charge >= 0.3 is 0 Å². The smallest absolute Gasteiger partial charge is 0.0931 e. The Morgan fingerprint density at radius 2 is 2.29 bits per heavy atom. The lowest BCUT2D eigenvalue weighted by Gasteiger charge is -2.02. The molecule has 0 bridgehead atoms. The Morgan fingerprint density at radius 3 is 3.00 bits per heavy atom. The van der Waals surface area contributed by atoms with E-state index in [4.69, 9.17) is 5.26 Å². The van der Waals surface area contributed by atoms with E-state index in [-0.39, 0.29) is 0 Å². The van der Waals surface area contributed by atoms with Crippen LogP contribution in [-0.2, 0) is 11.8 Å². The molecule has 1 aromatic carbocycles. The summed E-state index contributed by atoms with van der Waals surface area (Å²) in [6.07, 6.45) is 2.10. The molecule has 0 unspecified atom stereocenters. The van der Waals surface area contributed by atoms with Crippen molar-refractivity contribution in [2.75, 3.05) is 0 Å². The Morgan fingerprint density at radius 1 is 1.43 bits per heavy atom. The van der Waals surface area contributed by atoms with Crippen LogP contribution in [0.1, 0.15) is 11.1 Å². The van der Waals surface area contributed by atoms with Crippen LogP contribution in [0.25, 0.3) is 11.0 Å². The Kier molecular flexibility index (Phi) is 2.51. The lowest BCUT2D eigenvalue weighted by molar-refractivity contribution is 1.21. The van der Waals surface area contributed by atoms with Crippen LogP contribution in [0.15, 0.2) is 18.5 Å². The molecule has 2 aromatic rings. The summed E-state index contributed by atoms with van der Waals surface area (Å²) in [5, 5.41) is 9.43. The van der Waals surface area contributed by atoms with Gasteiger partial charge < -0.3 is 4.98 Å². The quantitative estimate of drug-likeness (QED) is 0.832. The van der Waals surface area contributed by atoms with Crippen molar-refractivity contribution in [3.8, 4) is 6.07 Å². The van der Waals surface area contributed by atoms with Gasteiger partial charge in [-0.05, 0) is 23.3 Å². The van der Waals surface area contributed by atoms with Crippen LogP contribution in [0, 0.1) is 11.3 Å². The number of aromatic amines is 1. The monoisotopic (exact) mass is 249 g/mol. The third-order valence-electron chi connectivity index (χ3n) is 2.16. The highest BCUT2D eigenvalue weighted by molar-refractivity contribution is 9.08. The van der Waals surface area contributed by atoms with E-state index < -0.39 is 0 Å². The SMILES string of the molecule is N#CCc1cc2nc[nH]c2cc1CBr.